The van der Waals surface area contributed by atoms with Crippen molar-refractivity contribution in [1.82, 2.24) is 5.32 Å². The zero-order valence-electron chi connectivity index (χ0n) is 11.0. The zero-order chi connectivity index (χ0) is 15.6. The summed E-state index contributed by atoms with van der Waals surface area (Å²) >= 11 is 3.31. The van der Waals surface area contributed by atoms with Crippen molar-refractivity contribution in [2.75, 3.05) is 5.33 Å². The van der Waals surface area contributed by atoms with E-state index in [4.69, 9.17) is 0 Å². The number of halogens is 3. The van der Waals surface area contributed by atoms with Crippen LogP contribution in [0.2, 0.25) is 0 Å². The highest BCUT2D eigenvalue weighted by molar-refractivity contribution is 9.09. The molecule has 0 unspecified atom stereocenters. The minimum atomic E-state index is -1.32. The lowest BCUT2D eigenvalue weighted by molar-refractivity contribution is -0.387. The first-order valence-electron chi connectivity index (χ1n) is 6.40. The Morgan fingerprint density at radius 3 is 2.52 bits per heavy atom. The van der Waals surface area contributed by atoms with E-state index in [-0.39, 0.29) is 0 Å². The van der Waals surface area contributed by atoms with E-state index in [1.165, 1.54) is 0 Å². The second kappa shape index (κ2) is 6.05. The minimum Gasteiger partial charge on any atom is -0.346 e. The quantitative estimate of drug-likeness (QED) is 0.507. The van der Waals surface area contributed by atoms with Gasteiger partial charge in [-0.15, -0.1) is 0 Å². The van der Waals surface area contributed by atoms with Crippen LogP contribution in [0.4, 0.5) is 14.5 Å². The van der Waals surface area contributed by atoms with Gasteiger partial charge in [0.2, 0.25) is 5.82 Å². The number of rotatable bonds is 4. The highest BCUT2D eigenvalue weighted by Crippen LogP contribution is 2.32. The first-order chi connectivity index (χ1) is 9.88. The number of nitrogens with zero attached hydrogens (tertiary/aromatic N) is 1. The van der Waals surface area contributed by atoms with E-state index in [1.54, 1.807) is 0 Å². The van der Waals surface area contributed by atoms with E-state index in [1.807, 2.05) is 0 Å². The molecule has 21 heavy (non-hydrogen) atoms. The summed E-state index contributed by atoms with van der Waals surface area (Å²) in [4.78, 5) is 21.8. The third-order valence-corrected chi connectivity index (χ3v) is 4.73. The van der Waals surface area contributed by atoms with Crippen molar-refractivity contribution in [3.8, 4) is 0 Å². The average molecular weight is 363 g/mol. The van der Waals surface area contributed by atoms with Crippen molar-refractivity contribution < 1.29 is 18.5 Å². The molecule has 0 radical (unpaired) electrons. The Bertz CT molecular complexity index is 589. The summed E-state index contributed by atoms with van der Waals surface area (Å²) in [6.45, 7) is 0. The maximum Gasteiger partial charge on any atom is 0.308 e. The molecule has 0 bridgehead atoms. The predicted octanol–water partition coefficient (Wildman–Crippen LogP) is 3.31. The summed E-state index contributed by atoms with van der Waals surface area (Å²) in [7, 11) is 0. The van der Waals surface area contributed by atoms with E-state index < -0.39 is 39.3 Å². The molecule has 0 atom stereocenters. The molecular weight excluding hydrogens is 350 g/mol. The van der Waals surface area contributed by atoms with Gasteiger partial charge < -0.3 is 5.32 Å². The van der Waals surface area contributed by atoms with Crippen LogP contribution in [0, 0.1) is 21.7 Å². The molecule has 0 aromatic heterocycles. The van der Waals surface area contributed by atoms with Gasteiger partial charge >= 0.3 is 5.69 Å². The van der Waals surface area contributed by atoms with Crippen LogP contribution in [0.3, 0.4) is 0 Å². The molecule has 1 saturated carbocycles. The van der Waals surface area contributed by atoms with Gasteiger partial charge in [-0.1, -0.05) is 28.8 Å². The lowest BCUT2D eigenvalue weighted by Crippen LogP contribution is -2.48. The van der Waals surface area contributed by atoms with Crippen molar-refractivity contribution in [2.45, 2.75) is 31.2 Å². The van der Waals surface area contributed by atoms with E-state index in [2.05, 4.69) is 21.2 Å². The summed E-state index contributed by atoms with van der Waals surface area (Å²) in [5, 5.41) is 13.8. The summed E-state index contributed by atoms with van der Waals surface area (Å²) in [5.74, 6) is -3.18. The lowest BCUT2D eigenvalue weighted by atomic mass is 9.99. The SMILES string of the molecule is O=C(NC1(CBr)CCCC1)c1cc(F)cc([N+](=O)[O-])c1F. The van der Waals surface area contributed by atoms with Crippen molar-refractivity contribution in [2.24, 2.45) is 0 Å². The van der Waals surface area contributed by atoms with Gasteiger partial charge in [0.05, 0.1) is 22.1 Å². The van der Waals surface area contributed by atoms with E-state index in [9.17, 15) is 23.7 Å². The third kappa shape index (κ3) is 3.20. The highest BCUT2D eigenvalue weighted by Gasteiger charge is 2.36. The molecule has 5 nitrogen and oxygen atoms in total. The topological polar surface area (TPSA) is 72.2 Å². The Balaban J connectivity index is 2.33. The number of hydrogen-bond donors (Lipinski definition) is 1. The maximum atomic E-state index is 14.0. The number of carbonyl (C=O) groups excluding carboxylic acids is 1. The molecule has 0 saturated heterocycles. The Hall–Kier alpha value is -1.57. The Labute approximate surface area is 128 Å². The monoisotopic (exact) mass is 362 g/mol. The van der Waals surface area contributed by atoms with Gasteiger partial charge in [0.25, 0.3) is 5.91 Å². The highest BCUT2D eigenvalue weighted by atomic mass is 79.9. The number of nitrogens with one attached hydrogen (secondary N) is 1. The molecule has 1 N–H and O–H groups in total. The third-order valence-electron chi connectivity index (χ3n) is 3.65. The molecule has 1 aromatic rings. The van der Waals surface area contributed by atoms with E-state index in [0.29, 0.717) is 17.5 Å². The number of nitro benzene ring substituents is 1. The number of hydrogen-bond acceptors (Lipinski definition) is 3. The van der Waals surface area contributed by atoms with Crippen LogP contribution in [0.1, 0.15) is 36.0 Å². The van der Waals surface area contributed by atoms with Crippen molar-refractivity contribution in [3.63, 3.8) is 0 Å². The number of carbonyl (C=O) groups is 1. The molecule has 1 aromatic carbocycles. The fraction of sp³-hybridized carbons (Fsp3) is 0.462. The molecule has 0 aliphatic heterocycles. The molecule has 1 aliphatic carbocycles. The predicted molar refractivity (Wildman–Crippen MR) is 75.5 cm³/mol. The van der Waals surface area contributed by atoms with Gasteiger partial charge in [-0.2, -0.15) is 4.39 Å². The standard InChI is InChI=1S/C13H13BrF2N2O3/c14-7-13(3-1-2-4-13)17-12(19)9-5-8(15)6-10(11(9)16)18(20)21/h5-6H,1-4,7H2,(H,17,19). The van der Waals surface area contributed by atoms with Crippen LogP contribution in [-0.2, 0) is 0 Å². The molecule has 114 valence electrons. The molecule has 8 heteroatoms. The normalized spacial score (nSPS) is 16.7. The molecular formula is C13H13BrF2N2O3. The van der Waals surface area contributed by atoms with Crippen LogP contribution in [0.15, 0.2) is 12.1 Å². The van der Waals surface area contributed by atoms with Crippen LogP contribution in [0.5, 0.6) is 0 Å². The summed E-state index contributed by atoms with van der Waals surface area (Å²) in [6, 6.07) is 1.14. The van der Waals surface area contributed by atoms with Crippen LogP contribution < -0.4 is 5.32 Å². The summed E-state index contributed by atoms with van der Waals surface area (Å²) in [6.07, 6.45) is 3.31. The Kier molecular flexibility index (Phi) is 4.55. The number of nitro groups is 1. The minimum absolute atomic E-state index is 0.460. The zero-order valence-corrected chi connectivity index (χ0v) is 12.6. The summed E-state index contributed by atoms with van der Waals surface area (Å²) < 4.78 is 27.3. The van der Waals surface area contributed by atoms with Crippen LogP contribution in [0.25, 0.3) is 0 Å². The maximum absolute atomic E-state index is 14.0. The van der Waals surface area contributed by atoms with Gasteiger partial charge in [0, 0.05) is 5.33 Å². The van der Waals surface area contributed by atoms with E-state index >= 15 is 0 Å². The van der Waals surface area contributed by atoms with E-state index in [0.717, 1.165) is 25.7 Å². The largest absolute Gasteiger partial charge is 0.346 e. The van der Waals surface area contributed by atoms with Gasteiger partial charge in [0.15, 0.2) is 0 Å². The molecule has 0 heterocycles. The van der Waals surface area contributed by atoms with Gasteiger partial charge in [-0.05, 0) is 18.9 Å². The molecule has 1 fully saturated rings. The van der Waals surface area contributed by atoms with Crippen molar-refractivity contribution >= 4 is 27.5 Å². The second-order valence-corrected chi connectivity index (χ2v) is 5.68. The van der Waals surface area contributed by atoms with Crippen molar-refractivity contribution in [1.29, 1.82) is 0 Å². The number of benzene rings is 1. The van der Waals surface area contributed by atoms with Gasteiger partial charge in [-0.25, -0.2) is 4.39 Å². The fourth-order valence-electron chi connectivity index (χ4n) is 2.52. The molecule has 2 rings (SSSR count). The van der Waals surface area contributed by atoms with Gasteiger partial charge in [-0.3, -0.25) is 14.9 Å². The first-order valence-corrected chi connectivity index (χ1v) is 7.52. The lowest BCUT2D eigenvalue weighted by Gasteiger charge is -2.28. The first kappa shape index (κ1) is 15.8. The Morgan fingerprint density at radius 2 is 2.00 bits per heavy atom. The average Bonchev–Trinajstić information content (AvgIpc) is 2.89. The van der Waals surface area contributed by atoms with Gasteiger partial charge in [0.1, 0.15) is 5.82 Å². The summed E-state index contributed by atoms with van der Waals surface area (Å²) in [5.41, 5.74) is -2.20. The Morgan fingerprint density at radius 1 is 1.38 bits per heavy atom. The smallest absolute Gasteiger partial charge is 0.308 e. The fourth-order valence-corrected chi connectivity index (χ4v) is 3.23. The van der Waals surface area contributed by atoms with Crippen molar-refractivity contribution in [3.05, 3.63) is 39.4 Å². The van der Waals surface area contributed by atoms with Crippen LogP contribution in [-0.4, -0.2) is 21.7 Å². The molecule has 1 aliphatic rings. The second-order valence-electron chi connectivity index (χ2n) is 5.12. The molecule has 1 amide bonds. The number of alkyl halides is 1. The number of amides is 1. The molecule has 0 spiro atoms. The van der Waals surface area contributed by atoms with Crippen LogP contribution >= 0.6 is 15.9 Å².